The molecule has 1 aromatic rings. The Hall–Kier alpha value is -1.45. The molecule has 0 amide bonds. The van der Waals surface area contributed by atoms with Crippen molar-refractivity contribution in [3.05, 3.63) is 35.4 Å². The molecule has 2 rings (SSSR count). The first kappa shape index (κ1) is 10.1. The number of esters is 1. The lowest BCUT2D eigenvalue weighted by Crippen LogP contribution is -2.22. The van der Waals surface area contributed by atoms with E-state index in [0.29, 0.717) is 6.42 Å². The maximum atomic E-state index is 13.4. The number of benzene rings is 1. The molecule has 2 nitrogen and oxygen atoms in total. The Labute approximate surface area is 85.9 Å². The molecule has 1 aromatic carbocycles. The van der Waals surface area contributed by atoms with Gasteiger partial charge in [-0.2, -0.15) is 0 Å². The second-order valence-corrected chi connectivity index (χ2v) is 3.83. The summed E-state index contributed by atoms with van der Waals surface area (Å²) >= 11 is 0. The lowest BCUT2D eigenvalue weighted by molar-refractivity contribution is -0.148. The summed E-state index contributed by atoms with van der Waals surface area (Å²) in [6.07, 6.45) is 0.696. The van der Waals surface area contributed by atoms with Gasteiger partial charge in [0.15, 0.2) is 0 Å². The van der Waals surface area contributed by atoms with Gasteiger partial charge in [0.05, 0.1) is 0 Å². The maximum absolute atomic E-state index is 13.4. The van der Waals surface area contributed by atoms with Crippen LogP contribution < -0.4 is 0 Å². The van der Waals surface area contributed by atoms with Crippen LogP contribution in [0.15, 0.2) is 18.2 Å². The van der Waals surface area contributed by atoms with Crippen molar-refractivity contribution in [3.8, 4) is 0 Å². The number of ether oxygens (including phenoxy) is 1. The maximum Gasteiger partial charge on any atom is 0.306 e. The van der Waals surface area contributed by atoms with Crippen molar-refractivity contribution in [1.29, 1.82) is 0 Å². The first-order valence-corrected chi connectivity index (χ1v) is 4.69. The molecule has 0 bridgehead atoms. The average molecular weight is 212 g/mol. The number of hydrogen-bond acceptors (Lipinski definition) is 2. The minimum absolute atomic E-state index is 0.231. The predicted octanol–water partition coefficient (Wildman–Crippen LogP) is 2.52. The van der Waals surface area contributed by atoms with E-state index >= 15 is 0 Å². The van der Waals surface area contributed by atoms with E-state index in [1.807, 2.05) is 0 Å². The number of carbonyl (C=O) groups excluding carboxylic acids is 1. The molecule has 80 valence electrons. The van der Waals surface area contributed by atoms with Crippen LogP contribution in [0.1, 0.15) is 25.3 Å². The summed E-state index contributed by atoms with van der Waals surface area (Å²) in [6.45, 7) is 1.63. The van der Waals surface area contributed by atoms with Crippen LogP contribution in [0.4, 0.5) is 8.78 Å². The van der Waals surface area contributed by atoms with Crippen LogP contribution in [0.3, 0.4) is 0 Å². The number of carbonyl (C=O) groups is 1. The topological polar surface area (TPSA) is 26.3 Å². The monoisotopic (exact) mass is 212 g/mol. The van der Waals surface area contributed by atoms with Crippen molar-refractivity contribution in [3.63, 3.8) is 0 Å². The van der Waals surface area contributed by atoms with Gasteiger partial charge in [0, 0.05) is 24.5 Å². The van der Waals surface area contributed by atoms with Gasteiger partial charge in [0.2, 0.25) is 0 Å². The Kier molecular flexibility index (Phi) is 2.21. The van der Waals surface area contributed by atoms with E-state index in [0.717, 1.165) is 12.1 Å². The molecule has 1 heterocycles. The van der Waals surface area contributed by atoms with Gasteiger partial charge < -0.3 is 4.74 Å². The first-order chi connectivity index (χ1) is 7.01. The fourth-order valence-corrected chi connectivity index (χ4v) is 1.80. The standard InChI is InChI=1S/C11H10F2O2/c1-11(5-4-10(14)15-11)8-3-2-7(12)6-9(8)13/h2-3,6H,4-5H2,1H3. The molecule has 1 aliphatic rings. The molecule has 0 saturated carbocycles. The molecule has 1 fully saturated rings. The van der Waals surface area contributed by atoms with E-state index in [1.54, 1.807) is 6.92 Å². The van der Waals surface area contributed by atoms with Crippen LogP contribution in [-0.4, -0.2) is 5.97 Å². The van der Waals surface area contributed by atoms with Crippen LogP contribution >= 0.6 is 0 Å². The van der Waals surface area contributed by atoms with E-state index in [4.69, 9.17) is 4.74 Å². The molecule has 0 radical (unpaired) electrons. The minimum Gasteiger partial charge on any atom is -0.454 e. The summed E-state index contributed by atoms with van der Waals surface area (Å²) in [5, 5.41) is 0. The Balaban J connectivity index is 2.41. The third-order valence-corrected chi connectivity index (χ3v) is 2.65. The lowest BCUT2D eigenvalue weighted by atomic mass is 9.92. The molecule has 0 aliphatic carbocycles. The van der Waals surface area contributed by atoms with Crippen LogP contribution in [-0.2, 0) is 15.1 Å². The van der Waals surface area contributed by atoms with Crippen molar-refractivity contribution >= 4 is 5.97 Å². The van der Waals surface area contributed by atoms with E-state index in [2.05, 4.69) is 0 Å². The largest absolute Gasteiger partial charge is 0.454 e. The van der Waals surface area contributed by atoms with Gasteiger partial charge in [-0.25, -0.2) is 8.78 Å². The Morgan fingerprint density at radius 2 is 2.13 bits per heavy atom. The molecule has 1 unspecified atom stereocenters. The fourth-order valence-electron chi connectivity index (χ4n) is 1.80. The molecule has 0 N–H and O–H groups in total. The van der Waals surface area contributed by atoms with Gasteiger partial charge in [0.25, 0.3) is 0 Å². The Morgan fingerprint density at radius 1 is 1.40 bits per heavy atom. The lowest BCUT2D eigenvalue weighted by Gasteiger charge is -2.23. The zero-order valence-corrected chi connectivity index (χ0v) is 8.22. The zero-order chi connectivity index (χ0) is 11.1. The summed E-state index contributed by atoms with van der Waals surface area (Å²) in [4.78, 5) is 11.0. The SMILES string of the molecule is CC1(c2ccc(F)cc2F)CCC(=O)O1. The summed E-state index contributed by atoms with van der Waals surface area (Å²) in [6, 6.07) is 3.28. The highest BCUT2D eigenvalue weighted by Crippen LogP contribution is 2.37. The third-order valence-electron chi connectivity index (χ3n) is 2.65. The van der Waals surface area contributed by atoms with Crippen LogP contribution in [0.5, 0.6) is 0 Å². The third kappa shape index (κ3) is 1.71. The van der Waals surface area contributed by atoms with Crippen molar-refractivity contribution in [2.75, 3.05) is 0 Å². The second-order valence-electron chi connectivity index (χ2n) is 3.83. The molecule has 1 saturated heterocycles. The second kappa shape index (κ2) is 3.29. The van der Waals surface area contributed by atoms with Crippen molar-refractivity contribution in [2.24, 2.45) is 0 Å². The summed E-state index contributed by atoms with van der Waals surface area (Å²) in [7, 11) is 0. The van der Waals surface area contributed by atoms with Gasteiger partial charge in [-0.1, -0.05) is 0 Å². The molecule has 0 aromatic heterocycles. The Morgan fingerprint density at radius 3 is 2.67 bits per heavy atom. The van der Waals surface area contributed by atoms with Crippen molar-refractivity contribution in [1.82, 2.24) is 0 Å². The highest BCUT2D eigenvalue weighted by Gasteiger charge is 2.39. The van der Waals surface area contributed by atoms with Gasteiger partial charge in [-0.05, 0) is 19.1 Å². The summed E-state index contributed by atoms with van der Waals surface area (Å²) in [5.41, 5.74) is -0.718. The van der Waals surface area contributed by atoms with Gasteiger partial charge in [0.1, 0.15) is 17.2 Å². The minimum atomic E-state index is -0.950. The molecule has 0 spiro atoms. The number of cyclic esters (lactones) is 1. The van der Waals surface area contributed by atoms with E-state index in [9.17, 15) is 13.6 Å². The predicted molar refractivity (Wildman–Crippen MR) is 49.0 cm³/mol. The molecule has 1 atom stereocenters. The Bertz CT molecular complexity index is 417. The first-order valence-electron chi connectivity index (χ1n) is 4.69. The van der Waals surface area contributed by atoms with Gasteiger partial charge in [-0.15, -0.1) is 0 Å². The van der Waals surface area contributed by atoms with Crippen LogP contribution in [0.2, 0.25) is 0 Å². The van der Waals surface area contributed by atoms with Crippen molar-refractivity contribution in [2.45, 2.75) is 25.4 Å². The quantitative estimate of drug-likeness (QED) is 0.668. The molecular weight excluding hydrogens is 202 g/mol. The van der Waals surface area contributed by atoms with Crippen LogP contribution in [0.25, 0.3) is 0 Å². The summed E-state index contributed by atoms with van der Waals surface area (Å²) in [5.74, 6) is -1.66. The smallest absolute Gasteiger partial charge is 0.306 e. The van der Waals surface area contributed by atoms with E-state index in [1.165, 1.54) is 6.07 Å². The van der Waals surface area contributed by atoms with Crippen molar-refractivity contribution < 1.29 is 18.3 Å². The molecule has 1 aliphatic heterocycles. The normalized spacial score (nSPS) is 25.4. The van der Waals surface area contributed by atoms with E-state index < -0.39 is 17.2 Å². The van der Waals surface area contributed by atoms with Crippen LogP contribution in [0, 0.1) is 11.6 Å². The fraction of sp³-hybridized carbons (Fsp3) is 0.364. The zero-order valence-electron chi connectivity index (χ0n) is 8.22. The highest BCUT2D eigenvalue weighted by molar-refractivity contribution is 5.72. The van der Waals surface area contributed by atoms with Gasteiger partial charge in [-0.3, -0.25) is 4.79 Å². The van der Waals surface area contributed by atoms with E-state index in [-0.39, 0.29) is 18.0 Å². The highest BCUT2D eigenvalue weighted by atomic mass is 19.1. The van der Waals surface area contributed by atoms with Gasteiger partial charge >= 0.3 is 5.97 Å². The number of hydrogen-bond donors (Lipinski definition) is 0. The molecule has 15 heavy (non-hydrogen) atoms. The molecular formula is C11H10F2O2. The number of halogens is 2. The summed E-state index contributed by atoms with van der Waals surface area (Å²) < 4.78 is 31.2. The molecule has 4 heteroatoms. The average Bonchev–Trinajstić information content (AvgIpc) is 2.46. The number of rotatable bonds is 1.